The van der Waals surface area contributed by atoms with Crippen LogP contribution in [0.5, 0.6) is 0 Å². The van der Waals surface area contributed by atoms with Crippen LogP contribution in [0.25, 0.3) is 0 Å². The highest BCUT2D eigenvalue weighted by Gasteiger charge is 2.29. The van der Waals surface area contributed by atoms with Crippen molar-refractivity contribution in [2.24, 2.45) is 5.41 Å². The number of carbonyl (C=O) groups excluding carboxylic acids is 1. The van der Waals surface area contributed by atoms with Crippen LogP contribution >= 0.6 is 0 Å². The summed E-state index contributed by atoms with van der Waals surface area (Å²) in [5.41, 5.74) is 1.94. The lowest BCUT2D eigenvalue weighted by Crippen LogP contribution is -2.38. The van der Waals surface area contributed by atoms with E-state index >= 15 is 0 Å². The number of hydrogen-bond donors (Lipinski definition) is 0. The molecular weight excluding hydrogens is 222 g/mol. The van der Waals surface area contributed by atoms with Crippen LogP contribution in [0.1, 0.15) is 52.5 Å². The molecule has 0 aliphatic carbocycles. The monoisotopic (exact) mass is 247 g/mol. The predicted molar refractivity (Wildman–Crippen MR) is 78.0 cm³/mol. The Balaban J connectivity index is 3.00. The Hall–Kier alpha value is -1.31. The Kier molecular flexibility index (Phi) is 4.55. The fourth-order valence-electron chi connectivity index (χ4n) is 1.82. The summed E-state index contributed by atoms with van der Waals surface area (Å²) in [6.45, 7) is 10.4. The first-order chi connectivity index (χ1) is 8.29. The van der Waals surface area contributed by atoms with E-state index in [1.165, 1.54) is 5.56 Å². The Morgan fingerprint density at radius 3 is 2.44 bits per heavy atom. The molecule has 2 nitrogen and oxygen atoms in total. The smallest absolute Gasteiger partial charge is 0.232 e. The van der Waals surface area contributed by atoms with Gasteiger partial charge in [0.2, 0.25) is 5.91 Å². The van der Waals surface area contributed by atoms with E-state index in [9.17, 15) is 4.79 Å². The number of carbonyl (C=O) groups is 1. The summed E-state index contributed by atoms with van der Waals surface area (Å²) in [7, 11) is 1.86. The maximum Gasteiger partial charge on any atom is 0.232 e. The molecule has 0 N–H and O–H groups in total. The topological polar surface area (TPSA) is 20.3 Å². The Bertz CT molecular complexity index is 421. The second-order valence-corrected chi connectivity index (χ2v) is 5.85. The van der Waals surface area contributed by atoms with Gasteiger partial charge in [0, 0.05) is 18.2 Å². The maximum atomic E-state index is 12.4. The van der Waals surface area contributed by atoms with Crippen LogP contribution in [0.15, 0.2) is 24.3 Å². The minimum Gasteiger partial charge on any atom is -0.315 e. The van der Waals surface area contributed by atoms with Gasteiger partial charge in [-0.05, 0) is 30.0 Å². The molecule has 0 atom stereocenters. The van der Waals surface area contributed by atoms with Gasteiger partial charge in [-0.1, -0.05) is 46.8 Å². The van der Waals surface area contributed by atoms with Gasteiger partial charge in [-0.25, -0.2) is 0 Å². The highest BCUT2D eigenvalue weighted by Crippen LogP contribution is 2.27. The van der Waals surface area contributed by atoms with Gasteiger partial charge >= 0.3 is 0 Å². The van der Waals surface area contributed by atoms with E-state index in [1.54, 1.807) is 4.90 Å². The van der Waals surface area contributed by atoms with Crippen molar-refractivity contribution in [2.75, 3.05) is 11.9 Å². The van der Waals surface area contributed by atoms with E-state index in [4.69, 9.17) is 0 Å². The zero-order valence-corrected chi connectivity index (χ0v) is 12.4. The molecule has 1 aromatic carbocycles. The minimum atomic E-state index is -0.303. The van der Waals surface area contributed by atoms with Gasteiger partial charge in [0.1, 0.15) is 0 Å². The first-order valence-corrected chi connectivity index (χ1v) is 6.67. The van der Waals surface area contributed by atoms with Crippen molar-refractivity contribution < 1.29 is 4.79 Å². The number of nitrogens with zero attached hydrogens (tertiary/aromatic N) is 1. The number of anilines is 1. The molecule has 0 radical (unpaired) electrons. The molecule has 0 fully saturated rings. The van der Waals surface area contributed by atoms with Gasteiger partial charge in [0.25, 0.3) is 0 Å². The number of hydrogen-bond acceptors (Lipinski definition) is 1. The van der Waals surface area contributed by atoms with E-state index in [0.717, 1.165) is 12.1 Å². The molecule has 0 bridgehead atoms. The van der Waals surface area contributed by atoms with Gasteiger partial charge in [0.15, 0.2) is 0 Å². The summed E-state index contributed by atoms with van der Waals surface area (Å²) in [6, 6.07) is 8.23. The summed E-state index contributed by atoms with van der Waals surface area (Å²) in [4.78, 5) is 14.2. The molecule has 1 aromatic rings. The Morgan fingerprint density at radius 2 is 1.94 bits per heavy atom. The predicted octanol–water partition coefficient (Wildman–Crippen LogP) is 4.21. The Morgan fingerprint density at radius 1 is 1.33 bits per heavy atom. The van der Waals surface area contributed by atoms with Crippen LogP contribution in [0.4, 0.5) is 5.69 Å². The molecule has 1 amide bonds. The lowest BCUT2D eigenvalue weighted by atomic mass is 9.88. The van der Waals surface area contributed by atoms with Crippen LogP contribution in [0.3, 0.4) is 0 Å². The van der Waals surface area contributed by atoms with Crippen LogP contribution in [0.2, 0.25) is 0 Å². The molecule has 100 valence electrons. The normalized spacial score (nSPS) is 11.7. The van der Waals surface area contributed by atoms with Gasteiger partial charge in [-0.2, -0.15) is 0 Å². The third kappa shape index (κ3) is 3.12. The van der Waals surface area contributed by atoms with E-state index in [1.807, 2.05) is 33.0 Å². The van der Waals surface area contributed by atoms with Crippen LogP contribution < -0.4 is 4.90 Å². The highest BCUT2D eigenvalue weighted by atomic mass is 16.2. The standard InChI is InChI=1S/C16H25NO/c1-7-16(4,5)15(18)17(6)14-10-8-9-13(11-14)12(2)3/h8-12H,7H2,1-6H3. The van der Waals surface area contributed by atoms with E-state index in [2.05, 4.69) is 32.9 Å². The lowest BCUT2D eigenvalue weighted by Gasteiger charge is -2.28. The summed E-state index contributed by atoms with van der Waals surface area (Å²) >= 11 is 0. The van der Waals surface area contributed by atoms with Gasteiger partial charge in [0.05, 0.1) is 0 Å². The quantitative estimate of drug-likeness (QED) is 0.780. The van der Waals surface area contributed by atoms with Gasteiger partial charge in [-0.15, -0.1) is 0 Å². The molecule has 0 aliphatic heterocycles. The molecule has 1 rings (SSSR count). The molecular formula is C16H25NO. The maximum absolute atomic E-state index is 12.4. The van der Waals surface area contributed by atoms with Crippen molar-refractivity contribution in [3.05, 3.63) is 29.8 Å². The van der Waals surface area contributed by atoms with Gasteiger partial charge < -0.3 is 4.90 Å². The second-order valence-electron chi connectivity index (χ2n) is 5.85. The summed E-state index contributed by atoms with van der Waals surface area (Å²) in [5, 5.41) is 0. The second kappa shape index (κ2) is 5.55. The fraction of sp³-hybridized carbons (Fsp3) is 0.562. The first kappa shape index (κ1) is 14.7. The molecule has 0 heterocycles. The molecule has 0 aromatic heterocycles. The van der Waals surface area contributed by atoms with E-state index in [0.29, 0.717) is 5.92 Å². The number of benzene rings is 1. The summed E-state index contributed by atoms with van der Waals surface area (Å²) in [6.07, 6.45) is 0.847. The molecule has 18 heavy (non-hydrogen) atoms. The summed E-state index contributed by atoms with van der Waals surface area (Å²) < 4.78 is 0. The van der Waals surface area contributed by atoms with Crippen molar-refractivity contribution in [3.8, 4) is 0 Å². The van der Waals surface area contributed by atoms with Crippen LogP contribution in [-0.4, -0.2) is 13.0 Å². The summed E-state index contributed by atoms with van der Waals surface area (Å²) in [5.74, 6) is 0.651. The molecule has 0 aliphatic rings. The zero-order chi connectivity index (χ0) is 13.9. The zero-order valence-electron chi connectivity index (χ0n) is 12.4. The van der Waals surface area contributed by atoms with Crippen LogP contribution in [0, 0.1) is 5.41 Å². The van der Waals surface area contributed by atoms with Gasteiger partial charge in [-0.3, -0.25) is 4.79 Å². The average molecular weight is 247 g/mol. The highest BCUT2D eigenvalue weighted by molar-refractivity contribution is 5.96. The molecule has 0 saturated carbocycles. The number of amides is 1. The third-order valence-electron chi connectivity index (χ3n) is 3.69. The van der Waals surface area contributed by atoms with Crippen molar-refractivity contribution in [1.82, 2.24) is 0 Å². The largest absolute Gasteiger partial charge is 0.315 e. The van der Waals surface area contributed by atoms with Crippen molar-refractivity contribution in [2.45, 2.75) is 47.0 Å². The van der Waals surface area contributed by atoms with E-state index < -0.39 is 0 Å². The first-order valence-electron chi connectivity index (χ1n) is 6.67. The molecule has 0 unspecified atom stereocenters. The van der Waals surface area contributed by atoms with Crippen LogP contribution in [-0.2, 0) is 4.79 Å². The van der Waals surface area contributed by atoms with Crippen molar-refractivity contribution in [3.63, 3.8) is 0 Å². The fourth-order valence-corrected chi connectivity index (χ4v) is 1.82. The molecule has 0 saturated heterocycles. The number of rotatable bonds is 4. The Labute approximate surface area is 111 Å². The van der Waals surface area contributed by atoms with Crippen molar-refractivity contribution in [1.29, 1.82) is 0 Å². The lowest BCUT2D eigenvalue weighted by molar-refractivity contribution is -0.126. The minimum absolute atomic E-state index is 0.172. The van der Waals surface area contributed by atoms with Crippen molar-refractivity contribution >= 4 is 11.6 Å². The molecule has 2 heteroatoms. The third-order valence-corrected chi connectivity index (χ3v) is 3.69. The average Bonchev–Trinajstić information content (AvgIpc) is 2.37. The molecule has 0 spiro atoms. The SMILES string of the molecule is CCC(C)(C)C(=O)N(C)c1cccc(C(C)C)c1. The van der Waals surface area contributed by atoms with E-state index in [-0.39, 0.29) is 11.3 Å².